The van der Waals surface area contributed by atoms with Gasteiger partial charge >= 0.3 is 6.03 Å². The van der Waals surface area contributed by atoms with Crippen LogP contribution in [0.15, 0.2) is 24.3 Å². The van der Waals surface area contributed by atoms with E-state index in [1.54, 1.807) is 52.9 Å². The highest BCUT2D eigenvalue weighted by Crippen LogP contribution is 2.33. The number of nitrogens with one attached hydrogen (secondary N) is 1. The van der Waals surface area contributed by atoms with Crippen LogP contribution in [0.2, 0.25) is 5.02 Å². The number of likely N-dealkylation sites (tertiary alicyclic amines) is 1. The molecule has 3 rings (SSSR count). The van der Waals surface area contributed by atoms with Crippen LogP contribution in [0.5, 0.6) is 0 Å². The van der Waals surface area contributed by atoms with Crippen LogP contribution in [-0.2, 0) is 9.59 Å². The van der Waals surface area contributed by atoms with E-state index in [0.717, 1.165) is 0 Å². The number of amides is 4. The number of nitrogens with zero attached hydrogens (tertiary/aromatic N) is 3. The molecule has 1 aromatic carbocycles. The van der Waals surface area contributed by atoms with E-state index in [2.05, 4.69) is 5.32 Å². The van der Waals surface area contributed by atoms with Crippen LogP contribution in [0.4, 0.5) is 10.5 Å². The Morgan fingerprint density at radius 1 is 1.04 bits per heavy atom. The molecule has 2 aliphatic heterocycles. The van der Waals surface area contributed by atoms with E-state index in [1.165, 1.54) is 0 Å². The Balaban J connectivity index is 1.60. The minimum absolute atomic E-state index is 0.117. The van der Waals surface area contributed by atoms with Gasteiger partial charge in [-0.15, -0.1) is 0 Å². The fourth-order valence-electron chi connectivity index (χ4n) is 3.63. The van der Waals surface area contributed by atoms with Crippen LogP contribution in [0.3, 0.4) is 0 Å². The highest BCUT2D eigenvalue weighted by molar-refractivity contribution is 6.30. The van der Waals surface area contributed by atoms with E-state index in [0.29, 0.717) is 56.3 Å². The first-order valence-corrected chi connectivity index (χ1v) is 9.55. The second kappa shape index (κ2) is 7.76. The topological polar surface area (TPSA) is 73.0 Å². The third-order valence-corrected chi connectivity index (χ3v) is 5.66. The summed E-state index contributed by atoms with van der Waals surface area (Å²) in [6.45, 7) is 4.32. The van der Waals surface area contributed by atoms with Crippen LogP contribution in [-0.4, -0.2) is 72.3 Å². The molecule has 8 heteroatoms. The Labute approximate surface area is 164 Å². The van der Waals surface area contributed by atoms with Gasteiger partial charge in [-0.05, 0) is 44.0 Å². The number of carbonyl (C=O) groups is 3. The van der Waals surface area contributed by atoms with Gasteiger partial charge in [0, 0.05) is 50.5 Å². The van der Waals surface area contributed by atoms with Crippen molar-refractivity contribution in [2.45, 2.75) is 19.8 Å². The summed E-state index contributed by atoms with van der Waals surface area (Å²) in [5, 5.41) is 3.46. The number of anilines is 1. The van der Waals surface area contributed by atoms with Crippen molar-refractivity contribution in [2.24, 2.45) is 5.41 Å². The molecule has 0 aliphatic carbocycles. The first-order chi connectivity index (χ1) is 12.8. The molecule has 1 N–H and O–H groups in total. The molecule has 1 atom stereocenters. The van der Waals surface area contributed by atoms with Gasteiger partial charge in [0.05, 0.1) is 0 Å². The van der Waals surface area contributed by atoms with Crippen molar-refractivity contribution in [1.82, 2.24) is 14.7 Å². The van der Waals surface area contributed by atoms with Crippen LogP contribution < -0.4 is 5.32 Å². The molecular formula is C19H25ClN4O3. The summed E-state index contributed by atoms with van der Waals surface area (Å²) in [6.07, 6.45) is 1.22. The Bertz CT molecular complexity index is 739. The molecule has 2 aliphatic rings. The molecular weight excluding hydrogens is 368 g/mol. The monoisotopic (exact) mass is 392 g/mol. The molecule has 146 valence electrons. The smallest absolute Gasteiger partial charge is 0.321 e. The molecule has 2 heterocycles. The zero-order valence-electron chi connectivity index (χ0n) is 15.7. The minimum Gasteiger partial charge on any atom is -0.345 e. The molecule has 0 radical (unpaired) electrons. The molecule has 7 nitrogen and oxygen atoms in total. The Kier molecular flexibility index (Phi) is 5.60. The number of hydrogen-bond acceptors (Lipinski definition) is 3. The first-order valence-electron chi connectivity index (χ1n) is 9.18. The lowest BCUT2D eigenvalue weighted by Gasteiger charge is -2.29. The van der Waals surface area contributed by atoms with Gasteiger partial charge in [0.2, 0.25) is 11.8 Å². The Hall–Kier alpha value is -2.28. The van der Waals surface area contributed by atoms with Crippen molar-refractivity contribution >= 4 is 35.1 Å². The molecule has 0 aromatic heterocycles. The fraction of sp³-hybridized carbons (Fsp3) is 0.526. The lowest BCUT2D eigenvalue weighted by Crippen LogP contribution is -2.48. The molecule has 2 saturated heterocycles. The Morgan fingerprint density at radius 3 is 2.30 bits per heavy atom. The largest absolute Gasteiger partial charge is 0.345 e. The quantitative estimate of drug-likeness (QED) is 0.785. The lowest BCUT2D eigenvalue weighted by molar-refractivity contribution is -0.149. The zero-order chi connectivity index (χ0) is 19.6. The molecule has 4 amide bonds. The van der Waals surface area contributed by atoms with Gasteiger partial charge in [0.15, 0.2) is 0 Å². The van der Waals surface area contributed by atoms with Gasteiger partial charge in [-0.2, -0.15) is 0 Å². The van der Waals surface area contributed by atoms with Gasteiger partial charge in [-0.25, -0.2) is 4.79 Å². The molecule has 2 fully saturated rings. The standard InChI is InChI=1S/C19H25ClN4O3/c1-19(8-11-22(2)16(19)25)17(26)23-9-3-10-24(13-12-23)18(27)21-15-6-4-14(20)5-7-15/h4-7H,3,8-13H2,1-2H3,(H,21,27). The first kappa shape index (κ1) is 19.5. The fourth-order valence-corrected chi connectivity index (χ4v) is 3.75. The summed E-state index contributed by atoms with van der Waals surface area (Å²) in [5.41, 5.74) is -0.302. The second-order valence-corrected chi connectivity index (χ2v) is 7.82. The third-order valence-electron chi connectivity index (χ3n) is 5.40. The second-order valence-electron chi connectivity index (χ2n) is 7.38. The summed E-state index contributed by atoms with van der Waals surface area (Å²) in [5.74, 6) is -0.245. The van der Waals surface area contributed by atoms with E-state index in [-0.39, 0.29) is 17.8 Å². The molecule has 1 unspecified atom stereocenters. The maximum Gasteiger partial charge on any atom is 0.321 e. The summed E-state index contributed by atoms with van der Waals surface area (Å²) in [6, 6.07) is 6.73. The highest BCUT2D eigenvalue weighted by Gasteiger charge is 2.49. The van der Waals surface area contributed by atoms with E-state index < -0.39 is 5.41 Å². The average Bonchev–Trinajstić information content (AvgIpc) is 2.85. The number of benzene rings is 1. The SMILES string of the molecule is CN1CCC(C)(C(=O)N2CCCN(C(=O)Nc3ccc(Cl)cc3)CC2)C1=O. The van der Waals surface area contributed by atoms with Crippen molar-refractivity contribution in [3.8, 4) is 0 Å². The van der Waals surface area contributed by atoms with E-state index in [9.17, 15) is 14.4 Å². The summed E-state index contributed by atoms with van der Waals surface area (Å²) in [4.78, 5) is 42.9. The van der Waals surface area contributed by atoms with E-state index in [4.69, 9.17) is 11.6 Å². The predicted octanol–water partition coefficient (Wildman–Crippen LogP) is 2.27. The van der Waals surface area contributed by atoms with Crippen LogP contribution in [0.1, 0.15) is 19.8 Å². The van der Waals surface area contributed by atoms with Crippen LogP contribution in [0.25, 0.3) is 0 Å². The summed E-state index contributed by atoms with van der Waals surface area (Å²) in [7, 11) is 1.73. The lowest BCUT2D eigenvalue weighted by atomic mass is 9.87. The maximum absolute atomic E-state index is 13.0. The number of halogens is 1. The van der Waals surface area contributed by atoms with Crippen molar-refractivity contribution < 1.29 is 14.4 Å². The van der Waals surface area contributed by atoms with Crippen LogP contribution >= 0.6 is 11.6 Å². The number of hydrogen-bond donors (Lipinski definition) is 1. The van der Waals surface area contributed by atoms with E-state index in [1.807, 2.05) is 0 Å². The van der Waals surface area contributed by atoms with Gasteiger partial charge < -0.3 is 20.0 Å². The molecule has 0 spiro atoms. The van der Waals surface area contributed by atoms with Crippen molar-refractivity contribution in [3.63, 3.8) is 0 Å². The average molecular weight is 393 g/mol. The minimum atomic E-state index is -0.977. The summed E-state index contributed by atoms with van der Waals surface area (Å²) < 4.78 is 0. The van der Waals surface area contributed by atoms with Crippen molar-refractivity contribution in [2.75, 3.05) is 45.1 Å². The summed E-state index contributed by atoms with van der Waals surface area (Å²) >= 11 is 5.86. The van der Waals surface area contributed by atoms with Gasteiger partial charge in [-0.1, -0.05) is 11.6 Å². The molecule has 0 saturated carbocycles. The molecule has 27 heavy (non-hydrogen) atoms. The normalized spacial score (nSPS) is 23.4. The van der Waals surface area contributed by atoms with Crippen LogP contribution in [0, 0.1) is 5.41 Å². The van der Waals surface area contributed by atoms with Crippen molar-refractivity contribution in [1.29, 1.82) is 0 Å². The Morgan fingerprint density at radius 2 is 1.67 bits per heavy atom. The van der Waals surface area contributed by atoms with Gasteiger partial charge in [0.1, 0.15) is 5.41 Å². The highest BCUT2D eigenvalue weighted by atomic mass is 35.5. The van der Waals surface area contributed by atoms with E-state index >= 15 is 0 Å². The van der Waals surface area contributed by atoms with Gasteiger partial charge in [-0.3, -0.25) is 9.59 Å². The maximum atomic E-state index is 13.0. The van der Waals surface area contributed by atoms with Crippen molar-refractivity contribution in [3.05, 3.63) is 29.3 Å². The number of rotatable bonds is 2. The zero-order valence-corrected chi connectivity index (χ0v) is 16.5. The molecule has 0 bridgehead atoms. The number of carbonyl (C=O) groups excluding carboxylic acids is 3. The predicted molar refractivity (Wildman–Crippen MR) is 104 cm³/mol. The third kappa shape index (κ3) is 4.03. The molecule has 1 aromatic rings. The number of urea groups is 1. The van der Waals surface area contributed by atoms with Gasteiger partial charge in [0.25, 0.3) is 0 Å².